The monoisotopic (exact) mass is 245 g/mol. The van der Waals surface area contributed by atoms with Crippen LogP contribution in [0.1, 0.15) is 28.3 Å². The van der Waals surface area contributed by atoms with E-state index in [0.717, 1.165) is 12.8 Å². The molecule has 0 saturated heterocycles. The van der Waals surface area contributed by atoms with Gasteiger partial charge in [0.25, 0.3) is 0 Å². The maximum absolute atomic E-state index is 6.36. The third kappa shape index (κ3) is 2.08. The zero-order valence-corrected chi connectivity index (χ0v) is 10.4. The van der Waals surface area contributed by atoms with Gasteiger partial charge >= 0.3 is 0 Å². The van der Waals surface area contributed by atoms with E-state index < -0.39 is 0 Å². The van der Waals surface area contributed by atoms with Crippen molar-refractivity contribution < 1.29 is 0 Å². The molecule has 1 nitrogen and oxygen atoms in total. The lowest BCUT2D eigenvalue weighted by Gasteiger charge is -2.14. The van der Waals surface area contributed by atoms with E-state index in [4.69, 9.17) is 5.73 Å². The summed E-state index contributed by atoms with van der Waals surface area (Å²) in [5, 5.41) is 0. The highest BCUT2D eigenvalue weighted by atomic mass is 35.5. The third-order valence-electron chi connectivity index (χ3n) is 3.44. The van der Waals surface area contributed by atoms with Crippen LogP contribution in [0.3, 0.4) is 0 Å². The van der Waals surface area contributed by atoms with Gasteiger partial charge in [0, 0.05) is 0 Å². The minimum absolute atomic E-state index is 0. The van der Waals surface area contributed by atoms with Gasteiger partial charge in [0.15, 0.2) is 0 Å². The van der Waals surface area contributed by atoms with Crippen LogP contribution >= 0.6 is 12.4 Å². The van der Waals surface area contributed by atoms with Crippen molar-refractivity contribution in [1.29, 1.82) is 0 Å². The Balaban J connectivity index is 0.00000108. The van der Waals surface area contributed by atoms with Gasteiger partial charge in [-0.1, -0.05) is 48.5 Å². The largest absolute Gasteiger partial charge is 0.320 e. The standard InChI is InChI=1S/C15H15N.ClH/c16-15-13-7-3-1-5-11(13)9-10-12-6-2-4-8-14(12)15;/h1-8,15H,9-10,16H2;1H. The van der Waals surface area contributed by atoms with Gasteiger partial charge in [0.05, 0.1) is 6.04 Å². The highest BCUT2D eigenvalue weighted by molar-refractivity contribution is 5.85. The summed E-state index contributed by atoms with van der Waals surface area (Å²) in [4.78, 5) is 0. The molecule has 1 aliphatic rings. The Kier molecular flexibility index (Phi) is 3.51. The quantitative estimate of drug-likeness (QED) is 0.758. The first-order chi connectivity index (χ1) is 7.86. The van der Waals surface area contributed by atoms with Crippen molar-refractivity contribution in [2.24, 2.45) is 5.73 Å². The Labute approximate surface area is 108 Å². The summed E-state index contributed by atoms with van der Waals surface area (Å²) >= 11 is 0. The first-order valence-corrected chi connectivity index (χ1v) is 5.77. The van der Waals surface area contributed by atoms with Gasteiger partial charge in [-0.25, -0.2) is 0 Å². The lowest BCUT2D eigenvalue weighted by Crippen LogP contribution is -2.13. The molecule has 1 aliphatic carbocycles. The van der Waals surface area contributed by atoms with E-state index in [1.807, 2.05) is 0 Å². The molecular formula is C15H16ClN. The maximum Gasteiger partial charge on any atom is 0.0557 e. The van der Waals surface area contributed by atoms with Crippen molar-refractivity contribution in [3.63, 3.8) is 0 Å². The van der Waals surface area contributed by atoms with E-state index in [2.05, 4.69) is 48.5 Å². The van der Waals surface area contributed by atoms with Crippen LogP contribution in [0.25, 0.3) is 0 Å². The van der Waals surface area contributed by atoms with Crippen molar-refractivity contribution >= 4 is 12.4 Å². The number of aryl methyl sites for hydroxylation is 2. The average Bonchev–Trinajstić information content (AvgIpc) is 2.49. The Hall–Kier alpha value is -1.31. The van der Waals surface area contributed by atoms with Crippen LogP contribution in [0.15, 0.2) is 48.5 Å². The predicted molar refractivity (Wildman–Crippen MR) is 73.6 cm³/mol. The normalized spacial score (nSPS) is 14.2. The van der Waals surface area contributed by atoms with Gasteiger partial charge in [-0.3, -0.25) is 0 Å². The summed E-state index contributed by atoms with van der Waals surface area (Å²) in [5.74, 6) is 0. The molecule has 0 radical (unpaired) electrons. The van der Waals surface area contributed by atoms with Crippen LogP contribution in [0, 0.1) is 0 Å². The molecule has 0 unspecified atom stereocenters. The molecule has 2 heteroatoms. The van der Waals surface area contributed by atoms with Crippen LogP contribution in [-0.4, -0.2) is 0 Å². The second-order valence-corrected chi connectivity index (χ2v) is 4.38. The molecule has 0 atom stereocenters. The summed E-state index contributed by atoms with van der Waals surface area (Å²) < 4.78 is 0. The molecule has 0 aliphatic heterocycles. The van der Waals surface area contributed by atoms with Gasteiger partial charge in [-0.2, -0.15) is 0 Å². The third-order valence-corrected chi connectivity index (χ3v) is 3.44. The molecule has 0 fully saturated rings. The highest BCUT2D eigenvalue weighted by Gasteiger charge is 2.19. The number of rotatable bonds is 0. The molecular weight excluding hydrogens is 230 g/mol. The molecule has 88 valence electrons. The first kappa shape index (κ1) is 12.2. The Morgan fingerprint density at radius 1 is 0.765 bits per heavy atom. The molecule has 0 spiro atoms. The second kappa shape index (κ2) is 4.91. The number of fused-ring (bicyclic) bond motifs is 2. The number of nitrogens with two attached hydrogens (primary N) is 1. The van der Waals surface area contributed by atoms with Gasteiger partial charge in [-0.15, -0.1) is 12.4 Å². The zero-order chi connectivity index (χ0) is 11.0. The van der Waals surface area contributed by atoms with Crippen LogP contribution < -0.4 is 5.73 Å². The van der Waals surface area contributed by atoms with Crippen LogP contribution in [0.5, 0.6) is 0 Å². The van der Waals surface area contributed by atoms with Gasteiger partial charge in [0.1, 0.15) is 0 Å². The minimum Gasteiger partial charge on any atom is -0.320 e. The van der Waals surface area contributed by atoms with Crippen molar-refractivity contribution in [2.45, 2.75) is 18.9 Å². The number of halogens is 1. The second-order valence-electron chi connectivity index (χ2n) is 4.38. The van der Waals surface area contributed by atoms with Crippen molar-refractivity contribution in [2.75, 3.05) is 0 Å². The van der Waals surface area contributed by atoms with E-state index >= 15 is 0 Å². The van der Waals surface area contributed by atoms with E-state index in [1.165, 1.54) is 22.3 Å². The molecule has 0 heterocycles. The van der Waals surface area contributed by atoms with E-state index in [-0.39, 0.29) is 18.4 Å². The van der Waals surface area contributed by atoms with E-state index in [1.54, 1.807) is 0 Å². The SMILES string of the molecule is Cl.NC1c2ccccc2CCc2ccccc21. The summed E-state index contributed by atoms with van der Waals surface area (Å²) in [6, 6.07) is 17.1. The molecule has 17 heavy (non-hydrogen) atoms. The molecule has 3 rings (SSSR count). The Bertz CT molecular complexity index is 474. The number of benzene rings is 2. The Morgan fingerprint density at radius 3 is 1.65 bits per heavy atom. The molecule has 0 aromatic heterocycles. The lowest BCUT2D eigenvalue weighted by atomic mass is 9.96. The van der Waals surface area contributed by atoms with Crippen LogP contribution in [-0.2, 0) is 12.8 Å². The smallest absolute Gasteiger partial charge is 0.0557 e. The van der Waals surface area contributed by atoms with Crippen molar-refractivity contribution in [3.05, 3.63) is 70.8 Å². The lowest BCUT2D eigenvalue weighted by molar-refractivity contribution is 0.863. The zero-order valence-electron chi connectivity index (χ0n) is 9.60. The molecule has 0 saturated carbocycles. The van der Waals surface area contributed by atoms with Crippen molar-refractivity contribution in [1.82, 2.24) is 0 Å². The maximum atomic E-state index is 6.36. The molecule has 2 N–H and O–H groups in total. The highest BCUT2D eigenvalue weighted by Crippen LogP contribution is 2.30. The van der Waals surface area contributed by atoms with Gasteiger partial charge in [-0.05, 0) is 35.1 Å². The van der Waals surface area contributed by atoms with Crippen LogP contribution in [0.4, 0.5) is 0 Å². The fourth-order valence-electron chi connectivity index (χ4n) is 2.57. The fourth-order valence-corrected chi connectivity index (χ4v) is 2.57. The predicted octanol–water partition coefficient (Wildman–Crippen LogP) is 3.26. The number of hydrogen-bond donors (Lipinski definition) is 1. The molecule has 0 bridgehead atoms. The minimum atomic E-state index is 0. The molecule has 2 aromatic carbocycles. The Morgan fingerprint density at radius 2 is 1.18 bits per heavy atom. The van der Waals surface area contributed by atoms with Crippen LogP contribution in [0.2, 0.25) is 0 Å². The summed E-state index contributed by atoms with van der Waals surface area (Å²) in [6.45, 7) is 0. The van der Waals surface area contributed by atoms with Crippen molar-refractivity contribution in [3.8, 4) is 0 Å². The molecule has 2 aromatic rings. The van der Waals surface area contributed by atoms with Gasteiger partial charge < -0.3 is 5.73 Å². The summed E-state index contributed by atoms with van der Waals surface area (Å²) in [7, 11) is 0. The van der Waals surface area contributed by atoms with E-state index in [9.17, 15) is 0 Å². The first-order valence-electron chi connectivity index (χ1n) is 5.77. The summed E-state index contributed by atoms with van der Waals surface area (Å²) in [5.41, 5.74) is 11.7. The molecule has 0 amide bonds. The van der Waals surface area contributed by atoms with Gasteiger partial charge in [0.2, 0.25) is 0 Å². The topological polar surface area (TPSA) is 26.0 Å². The van der Waals surface area contributed by atoms with E-state index in [0.29, 0.717) is 0 Å². The summed E-state index contributed by atoms with van der Waals surface area (Å²) in [6.07, 6.45) is 2.20. The average molecular weight is 246 g/mol. The fraction of sp³-hybridized carbons (Fsp3) is 0.200. The number of hydrogen-bond acceptors (Lipinski definition) is 1.